The van der Waals surface area contributed by atoms with Crippen molar-refractivity contribution in [2.75, 3.05) is 24.6 Å². The van der Waals surface area contributed by atoms with E-state index in [1.54, 1.807) is 11.8 Å². The van der Waals surface area contributed by atoms with Gasteiger partial charge in [0.1, 0.15) is 0 Å². The van der Waals surface area contributed by atoms with Gasteiger partial charge in [0.15, 0.2) is 0 Å². The van der Waals surface area contributed by atoms with Gasteiger partial charge < -0.3 is 15.0 Å². The van der Waals surface area contributed by atoms with Crippen LogP contribution < -0.4 is 10.2 Å². The van der Waals surface area contributed by atoms with E-state index in [1.807, 2.05) is 24.3 Å². The molecule has 1 aliphatic rings. The lowest BCUT2D eigenvalue weighted by atomic mass is 10.1. The highest BCUT2D eigenvalue weighted by Crippen LogP contribution is 2.31. The highest BCUT2D eigenvalue weighted by molar-refractivity contribution is 9.10. The van der Waals surface area contributed by atoms with E-state index in [9.17, 15) is 14.4 Å². The van der Waals surface area contributed by atoms with Crippen LogP contribution in [-0.2, 0) is 19.1 Å². The maximum absolute atomic E-state index is 12.2. The average Bonchev–Trinajstić information content (AvgIpc) is 2.94. The first-order valence-corrected chi connectivity index (χ1v) is 8.80. The number of esters is 1. The van der Waals surface area contributed by atoms with E-state index in [0.29, 0.717) is 26.1 Å². The van der Waals surface area contributed by atoms with Crippen LogP contribution >= 0.6 is 15.9 Å². The van der Waals surface area contributed by atoms with Crippen molar-refractivity contribution in [2.45, 2.75) is 26.2 Å². The van der Waals surface area contributed by atoms with Gasteiger partial charge in [-0.3, -0.25) is 14.4 Å². The summed E-state index contributed by atoms with van der Waals surface area (Å²) in [4.78, 5) is 37.3. The van der Waals surface area contributed by atoms with Crippen LogP contribution in [0.25, 0.3) is 0 Å². The topological polar surface area (TPSA) is 75.7 Å². The third-order valence-electron chi connectivity index (χ3n) is 3.80. The Morgan fingerprint density at radius 3 is 2.83 bits per heavy atom. The summed E-state index contributed by atoms with van der Waals surface area (Å²) in [7, 11) is 0. The molecule has 1 aromatic rings. The van der Waals surface area contributed by atoms with Crippen LogP contribution in [0.4, 0.5) is 5.69 Å². The Hall–Kier alpha value is -1.89. The summed E-state index contributed by atoms with van der Waals surface area (Å²) in [6.07, 6.45) is 1.00. The number of para-hydroxylation sites is 1. The zero-order valence-corrected chi connectivity index (χ0v) is 15.2. The lowest BCUT2D eigenvalue weighted by Crippen LogP contribution is -2.33. The van der Waals surface area contributed by atoms with Gasteiger partial charge in [-0.1, -0.05) is 12.1 Å². The molecule has 1 fully saturated rings. The third kappa shape index (κ3) is 4.80. The number of halogens is 1. The molecule has 1 heterocycles. The predicted molar refractivity (Wildman–Crippen MR) is 93.5 cm³/mol. The van der Waals surface area contributed by atoms with Gasteiger partial charge in [-0.15, -0.1) is 0 Å². The minimum absolute atomic E-state index is 0.0615. The lowest BCUT2D eigenvalue weighted by molar-refractivity contribution is -0.143. The highest BCUT2D eigenvalue weighted by atomic mass is 79.9. The first-order valence-electron chi connectivity index (χ1n) is 8.01. The molecule has 0 spiro atoms. The first kappa shape index (κ1) is 18.4. The van der Waals surface area contributed by atoms with E-state index in [2.05, 4.69) is 21.2 Å². The van der Waals surface area contributed by atoms with E-state index < -0.39 is 0 Å². The normalized spacial score (nSPS) is 17.0. The largest absolute Gasteiger partial charge is 0.466 e. The molecular formula is C17H21BrN2O4. The molecule has 7 heteroatoms. The molecule has 0 aliphatic carbocycles. The smallest absolute Gasteiger partial charge is 0.305 e. The monoisotopic (exact) mass is 396 g/mol. The molecule has 0 radical (unpaired) electrons. The first-order chi connectivity index (χ1) is 11.5. The SMILES string of the molecule is CCOC(=O)CCCNC(=O)C1CC(=O)N(c2ccccc2Br)C1. The molecule has 1 N–H and O–H groups in total. The molecule has 2 amide bonds. The van der Waals surface area contributed by atoms with Crippen molar-refractivity contribution in [3.63, 3.8) is 0 Å². The second-order valence-corrected chi connectivity index (χ2v) is 6.41. The van der Waals surface area contributed by atoms with Crippen molar-refractivity contribution in [3.05, 3.63) is 28.7 Å². The molecule has 1 aromatic carbocycles. The summed E-state index contributed by atoms with van der Waals surface area (Å²) >= 11 is 3.43. The Morgan fingerprint density at radius 2 is 2.12 bits per heavy atom. The van der Waals surface area contributed by atoms with E-state index >= 15 is 0 Å². The molecule has 1 saturated heterocycles. The van der Waals surface area contributed by atoms with Crippen molar-refractivity contribution >= 4 is 39.4 Å². The Morgan fingerprint density at radius 1 is 1.38 bits per heavy atom. The maximum Gasteiger partial charge on any atom is 0.305 e. The zero-order chi connectivity index (χ0) is 17.5. The molecule has 0 aromatic heterocycles. The second kappa shape index (κ2) is 8.82. The molecule has 1 aliphatic heterocycles. The van der Waals surface area contributed by atoms with Crippen LogP contribution in [0.1, 0.15) is 26.2 Å². The summed E-state index contributed by atoms with van der Waals surface area (Å²) < 4.78 is 5.66. The van der Waals surface area contributed by atoms with E-state index in [-0.39, 0.29) is 36.5 Å². The number of hydrogen-bond donors (Lipinski definition) is 1. The number of carbonyl (C=O) groups is 3. The summed E-state index contributed by atoms with van der Waals surface area (Å²) in [5, 5.41) is 2.79. The van der Waals surface area contributed by atoms with Crippen molar-refractivity contribution in [3.8, 4) is 0 Å². The number of benzene rings is 1. The quantitative estimate of drug-likeness (QED) is 0.566. The van der Waals surface area contributed by atoms with Gasteiger partial charge in [0.2, 0.25) is 11.8 Å². The third-order valence-corrected chi connectivity index (χ3v) is 4.47. The number of carbonyl (C=O) groups excluding carboxylic acids is 3. The second-order valence-electron chi connectivity index (χ2n) is 5.56. The van der Waals surface area contributed by atoms with E-state index in [4.69, 9.17) is 4.74 Å². The Kier molecular flexibility index (Phi) is 6.78. The number of anilines is 1. The standard InChI is InChI=1S/C17H21BrN2O4/c1-2-24-16(22)8-5-9-19-17(23)12-10-15(21)20(11-12)14-7-4-3-6-13(14)18/h3-4,6-7,12H,2,5,8-11H2,1H3,(H,19,23). The van der Waals surface area contributed by atoms with Crippen LogP contribution in [0.15, 0.2) is 28.7 Å². The van der Waals surface area contributed by atoms with E-state index in [0.717, 1.165) is 10.2 Å². The van der Waals surface area contributed by atoms with Gasteiger partial charge in [-0.25, -0.2) is 0 Å². The predicted octanol–water partition coefficient (Wildman–Crippen LogP) is 2.26. The number of nitrogens with zero attached hydrogens (tertiary/aromatic N) is 1. The molecule has 0 saturated carbocycles. The van der Waals surface area contributed by atoms with E-state index in [1.165, 1.54) is 0 Å². The van der Waals surface area contributed by atoms with Crippen LogP contribution in [0.2, 0.25) is 0 Å². The van der Waals surface area contributed by atoms with Crippen LogP contribution in [-0.4, -0.2) is 37.5 Å². The summed E-state index contributed by atoms with van der Waals surface area (Å²) in [6, 6.07) is 7.45. The summed E-state index contributed by atoms with van der Waals surface area (Å²) in [5.74, 6) is -0.842. The van der Waals surface area contributed by atoms with Gasteiger partial charge in [0.05, 0.1) is 18.2 Å². The molecule has 2 rings (SSSR count). The van der Waals surface area contributed by atoms with Crippen molar-refractivity contribution < 1.29 is 19.1 Å². The number of nitrogens with one attached hydrogen (secondary N) is 1. The Bertz CT molecular complexity index is 620. The maximum atomic E-state index is 12.2. The van der Waals surface area contributed by atoms with Crippen molar-refractivity contribution in [1.82, 2.24) is 5.32 Å². The number of amides is 2. The molecule has 0 bridgehead atoms. The summed E-state index contributed by atoms with van der Waals surface area (Å²) in [6.45, 7) is 2.89. The van der Waals surface area contributed by atoms with Crippen LogP contribution in [0.3, 0.4) is 0 Å². The van der Waals surface area contributed by atoms with Crippen LogP contribution in [0.5, 0.6) is 0 Å². The molecular weight excluding hydrogens is 376 g/mol. The molecule has 1 unspecified atom stereocenters. The lowest BCUT2D eigenvalue weighted by Gasteiger charge is -2.18. The molecule has 24 heavy (non-hydrogen) atoms. The van der Waals surface area contributed by atoms with Crippen LogP contribution in [0, 0.1) is 5.92 Å². The Labute approximate surface area is 149 Å². The zero-order valence-electron chi connectivity index (χ0n) is 13.6. The van der Waals surface area contributed by atoms with Gasteiger partial charge >= 0.3 is 5.97 Å². The Balaban J connectivity index is 1.81. The number of ether oxygens (including phenoxy) is 1. The highest BCUT2D eigenvalue weighted by Gasteiger charge is 2.35. The number of rotatable bonds is 7. The van der Waals surface area contributed by atoms with Crippen molar-refractivity contribution in [2.24, 2.45) is 5.92 Å². The molecule has 1 atom stereocenters. The minimum Gasteiger partial charge on any atom is -0.466 e. The average molecular weight is 397 g/mol. The fraction of sp³-hybridized carbons (Fsp3) is 0.471. The minimum atomic E-state index is -0.368. The van der Waals surface area contributed by atoms with Crippen molar-refractivity contribution in [1.29, 1.82) is 0 Å². The van der Waals surface area contributed by atoms with Gasteiger partial charge in [0, 0.05) is 30.4 Å². The fourth-order valence-corrected chi connectivity index (χ4v) is 3.11. The molecule has 130 valence electrons. The van der Waals surface area contributed by atoms with Gasteiger partial charge in [0.25, 0.3) is 0 Å². The van der Waals surface area contributed by atoms with Gasteiger partial charge in [-0.2, -0.15) is 0 Å². The fourth-order valence-electron chi connectivity index (χ4n) is 2.61. The molecule has 6 nitrogen and oxygen atoms in total. The summed E-state index contributed by atoms with van der Waals surface area (Å²) in [5.41, 5.74) is 0.778. The number of hydrogen-bond acceptors (Lipinski definition) is 4. The van der Waals surface area contributed by atoms with Gasteiger partial charge in [-0.05, 0) is 41.4 Å².